The molecule has 226 valence electrons. The Morgan fingerprint density at radius 3 is 2.31 bits per heavy atom. The van der Waals surface area contributed by atoms with E-state index in [0.29, 0.717) is 18.1 Å². The molecule has 0 saturated carbocycles. The zero-order chi connectivity index (χ0) is 31.1. The highest BCUT2D eigenvalue weighted by atomic mass is 32.2. The molecule has 1 saturated heterocycles. The number of rotatable bonds is 8. The maximum absolute atomic E-state index is 13.6. The summed E-state index contributed by atoms with van der Waals surface area (Å²) in [7, 11) is -4.42. The molecule has 1 aliphatic heterocycles. The number of nitrogens with two attached hydrogens (primary N) is 1. The van der Waals surface area contributed by atoms with Crippen LogP contribution in [0.4, 0.5) is 18.0 Å². The topological polar surface area (TPSA) is 137 Å². The molecule has 2 aromatic rings. The molecular formula is C28H33F3N6O4S. The summed E-state index contributed by atoms with van der Waals surface area (Å²) in [6.45, 7) is 6.91. The van der Waals surface area contributed by atoms with Crippen LogP contribution in [-0.2, 0) is 27.5 Å². The van der Waals surface area contributed by atoms with Gasteiger partial charge >= 0.3 is 12.2 Å². The lowest BCUT2D eigenvalue weighted by Gasteiger charge is -2.39. The SMILES string of the molecule is C=CN=C(/C=C\N)NC(=O)N1CCN(S(=O)(=O)c2ccc(C(F)(F)F)cc2)[C@@H](C(=O)NCc2ccc(C(C)C)cc2)C1. The summed E-state index contributed by atoms with van der Waals surface area (Å²) < 4.78 is 67.2. The number of alkyl halides is 3. The molecule has 0 aromatic heterocycles. The van der Waals surface area contributed by atoms with Crippen LogP contribution in [0.15, 0.2) is 83.5 Å². The molecule has 0 bridgehead atoms. The molecule has 1 aliphatic rings. The van der Waals surface area contributed by atoms with E-state index in [1.165, 1.54) is 17.2 Å². The Hall–Kier alpha value is -4.17. The number of urea groups is 1. The number of hydrogen-bond donors (Lipinski definition) is 3. The standard InChI is InChI=1S/C28H33F3N6O4S/c1-4-33-25(13-14-32)35-27(39)36-15-16-37(42(40,41)23-11-9-22(10-12-23)28(29,30)31)24(18-36)26(38)34-17-20-5-7-21(8-6-20)19(2)3/h4-14,19,24H,1,15-18,32H2,2-3H3,(H,34,38)(H,33,35,39)/b14-13-/t24-/m1/s1. The van der Waals surface area contributed by atoms with E-state index in [1.807, 2.05) is 38.1 Å². The predicted molar refractivity (Wildman–Crippen MR) is 153 cm³/mol. The first-order chi connectivity index (χ1) is 19.8. The second-order valence-corrected chi connectivity index (χ2v) is 11.6. The van der Waals surface area contributed by atoms with Gasteiger partial charge in [-0.15, -0.1) is 0 Å². The van der Waals surface area contributed by atoms with Gasteiger partial charge in [0.25, 0.3) is 0 Å². The fourth-order valence-corrected chi connectivity index (χ4v) is 5.80. The number of halogens is 3. The fraction of sp³-hybridized carbons (Fsp3) is 0.321. The third kappa shape index (κ3) is 7.97. The lowest BCUT2D eigenvalue weighted by atomic mass is 10.0. The van der Waals surface area contributed by atoms with Gasteiger partial charge in [-0.25, -0.2) is 18.2 Å². The van der Waals surface area contributed by atoms with Crippen molar-refractivity contribution in [3.8, 4) is 0 Å². The van der Waals surface area contributed by atoms with Crippen molar-refractivity contribution in [2.75, 3.05) is 19.6 Å². The summed E-state index contributed by atoms with van der Waals surface area (Å²) in [5, 5.41) is 5.24. The zero-order valence-corrected chi connectivity index (χ0v) is 24.0. The Morgan fingerprint density at radius 1 is 1.12 bits per heavy atom. The van der Waals surface area contributed by atoms with Crippen molar-refractivity contribution in [2.45, 2.75) is 43.4 Å². The maximum Gasteiger partial charge on any atom is 0.416 e. The van der Waals surface area contributed by atoms with Crippen LogP contribution in [-0.4, -0.2) is 61.1 Å². The molecule has 14 heteroatoms. The Balaban J connectivity index is 1.87. The lowest BCUT2D eigenvalue weighted by molar-refractivity contribution is -0.137. The van der Waals surface area contributed by atoms with Crippen molar-refractivity contribution in [1.29, 1.82) is 0 Å². The zero-order valence-electron chi connectivity index (χ0n) is 23.1. The molecule has 42 heavy (non-hydrogen) atoms. The molecule has 1 fully saturated rings. The Morgan fingerprint density at radius 2 is 1.76 bits per heavy atom. The van der Waals surface area contributed by atoms with Crippen LogP contribution in [0.5, 0.6) is 0 Å². The van der Waals surface area contributed by atoms with E-state index in [0.717, 1.165) is 33.8 Å². The first-order valence-electron chi connectivity index (χ1n) is 13.0. The Bertz CT molecular complexity index is 1440. The van der Waals surface area contributed by atoms with E-state index >= 15 is 0 Å². The molecule has 3 rings (SSSR count). The predicted octanol–water partition coefficient (Wildman–Crippen LogP) is 3.54. The van der Waals surface area contributed by atoms with Crippen molar-refractivity contribution in [3.05, 3.63) is 90.3 Å². The van der Waals surface area contributed by atoms with Gasteiger partial charge in [0.05, 0.1) is 10.5 Å². The van der Waals surface area contributed by atoms with Crippen molar-refractivity contribution in [3.63, 3.8) is 0 Å². The molecule has 2 aromatic carbocycles. The highest BCUT2D eigenvalue weighted by molar-refractivity contribution is 7.89. The summed E-state index contributed by atoms with van der Waals surface area (Å²) in [6, 6.07) is 8.53. The second kappa shape index (κ2) is 13.7. The van der Waals surface area contributed by atoms with Crippen LogP contribution in [0.1, 0.15) is 36.5 Å². The first-order valence-corrected chi connectivity index (χ1v) is 14.4. The first kappa shape index (κ1) is 32.3. The quantitative estimate of drug-likeness (QED) is 0.312. The summed E-state index contributed by atoms with van der Waals surface area (Å²) in [5.41, 5.74) is 6.26. The average Bonchev–Trinajstić information content (AvgIpc) is 2.95. The summed E-state index contributed by atoms with van der Waals surface area (Å²) >= 11 is 0. The van der Waals surface area contributed by atoms with Gasteiger partial charge in [-0.05, 0) is 53.6 Å². The minimum Gasteiger partial charge on any atom is -0.404 e. The molecule has 0 aliphatic carbocycles. The van der Waals surface area contributed by atoms with Gasteiger partial charge in [0.2, 0.25) is 15.9 Å². The molecule has 0 unspecified atom stereocenters. The number of nitrogens with one attached hydrogen (secondary N) is 2. The number of amidine groups is 1. The van der Waals surface area contributed by atoms with Crippen molar-refractivity contribution in [1.82, 2.24) is 19.8 Å². The number of carbonyl (C=O) groups is 2. The van der Waals surface area contributed by atoms with Crippen LogP contribution in [0.2, 0.25) is 0 Å². The maximum atomic E-state index is 13.6. The summed E-state index contributed by atoms with van der Waals surface area (Å²) in [5.74, 6) is -0.296. The van der Waals surface area contributed by atoms with Gasteiger partial charge in [-0.3, -0.25) is 10.1 Å². The number of benzene rings is 2. The molecule has 3 amide bonds. The van der Waals surface area contributed by atoms with Crippen LogP contribution < -0.4 is 16.4 Å². The number of carbonyl (C=O) groups excluding carboxylic acids is 2. The number of aliphatic imine (C=N–C) groups is 1. The number of hydrogen-bond acceptors (Lipinski definition) is 6. The van der Waals surface area contributed by atoms with E-state index in [1.54, 1.807) is 0 Å². The molecule has 0 radical (unpaired) electrons. The Kier molecular flexibility index (Phi) is 10.5. The van der Waals surface area contributed by atoms with Gasteiger partial charge in [0.15, 0.2) is 0 Å². The smallest absolute Gasteiger partial charge is 0.404 e. The number of nitrogens with zero attached hydrogens (tertiary/aromatic N) is 3. The van der Waals surface area contributed by atoms with Crippen LogP contribution in [0.3, 0.4) is 0 Å². The molecule has 10 nitrogen and oxygen atoms in total. The van der Waals surface area contributed by atoms with Gasteiger partial charge in [0, 0.05) is 32.4 Å². The third-order valence-corrected chi connectivity index (χ3v) is 8.46. The minimum absolute atomic E-state index is 0.0724. The summed E-state index contributed by atoms with van der Waals surface area (Å²) in [6.07, 6.45) is -0.987. The van der Waals surface area contributed by atoms with Crippen LogP contribution in [0.25, 0.3) is 0 Å². The minimum atomic E-state index is -4.65. The number of amides is 3. The van der Waals surface area contributed by atoms with Gasteiger partial charge in [0.1, 0.15) is 11.9 Å². The van der Waals surface area contributed by atoms with Crippen LogP contribution >= 0.6 is 0 Å². The van der Waals surface area contributed by atoms with Crippen molar-refractivity contribution < 1.29 is 31.2 Å². The highest BCUT2D eigenvalue weighted by Crippen LogP contribution is 2.31. The molecule has 1 heterocycles. The van der Waals surface area contributed by atoms with E-state index in [2.05, 4.69) is 22.2 Å². The van der Waals surface area contributed by atoms with E-state index in [-0.39, 0.29) is 32.0 Å². The van der Waals surface area contributed by atoms with Crippen LogP contribution in [0, 0.1) is 0 Å². The largest absolute Gasteiger partial charge is 0.416 e. The van der Waals surface area contributed by atoms with Gasteiger partial charge in [-0.1, -0.05) is 44.7 Å². The summed E-state index contributed by atoms with van der Waals surface area (Å²) in [4.78, 5) is 31.1. The van der Waals surface area contributed by atoms with Crippen molar-refractivity contribution in [2.24, 2.45) is 10.7 Å². The molecule has 4 N–H and O–H groups in total. The third-order valence-electron chi connectivity index (χ3n) is 6.54. The average molecular weight is 607 g/mol. The normalized spacial score (nSPS) is 17.0. The lowest BCUT2D eigenvalue weighted by Crippen LogP contribution is -2.62. The Labute approximate surface area is 242 Å². The van der Waals surface area contributed by atoms with E-state index < -0.39 is 44.6 Å². The second-order valence-electron chi connectivity index (χ2n) is 9.70. The van der Waals surface area contributed by atoms with E-state index in [9.17, 15) is 31.2 Å². The van der Waals surface area contributed by atoms with Gasteiger partial charge < -0.3 is 16.0 Å². The molecular weight excluding hydrogens is 573 g/mol. The fourth-order valence-electron chi connectivity index (χ4n) is 4.23. The molecule has 1 atom stereocenters. The highest BCUT2D eigenvalue weighted by Gasteiger charge is 2.42. The van der Waals surface area contributed by atoms with Crippen molar-refractivity contribution >= 4 is 27.8 Å². The number of sulfonamides is 1. The molecule has 0 spiro atoms. The van der Waals surface area contributed by atoms with Gasteiger partial charge in [-0.2, -0.15) is 17.5 Å². The van der Waals surface area contributed by atoms with E-state index in [4.69, 9.17) is 5.73 Å². The monoisotopic (exact) mass is 606 g/mol. The number of piperazine rings is 1.